The van der Waals surface area contributed by atoms with E-state index in [1.807, 2.05) is 50.5 Å². The molecule has 0 aliphatic rings. The van der Waals surface area contributed by atoms with Crippen molar-refractivity contribution in [3.8, 4) is 11.4 Å². The molecule has 0 amide bonds. The van der Waals surface area contributed by atoms with Crippen LogP contribution in [0.15, 0.2) is 48.8 Å². The van der Waals surface area contributed by atoms with Crippen molar-refractivity contribution in [3.05, 3.63) is 54.4 Å². The van der Waals surface area contributed by atoms with Crippen molar-refractivity contribution in [2.45, 2.75) is 26.9 Å². The number of rotatable bonds is 3. The van der Waals surface area contributed by atoms with E-state index in [4.69, 9.17) is 4.74 Å². The standard InChI is InChI=1S/C15H18NO/c1-12(2)17-15-8-7-14(11-13(15)3)16-9-5-4-6-10-16/h4-12H,1-3H3/q+1. The first kappa shape index (κ1) is 11.6. The average Bonchev–Trinajstić information content (AvgIpc) is 2.32. The molecule has 2 aromatic rings. The molecule has 0 spiro atoms. The van der Waals surface area contributed by atoms with Crippen molar-refractivity contribution in [1.82, 2.24) is 0 Å². The molecule has 1 aromatic carbocycles. The number of ether oxygens (including phenoxy) is 1. The number of pyridine rings is 1. The molecule has 0 N–H and O–H groups in total. The van der Waals surface area contributed by atoms with E-state index in [2.05, 4.69) is 23.6 Å². The molecule has 88 valence electrons. The number of benzene rings is 1. The SMILES string of the molecule is Cc1cc(-[n+]2ccccc2)ccc1OC(C)C. The Balaban J connectivity index is 2.31. The molecule has 2 nitrogen and oxygen atoms in total. The lowest BCUT2D eigenvalue weighted by Crippen LogP contribution is -2.28. The van der Waals surface area contributed by atoms with Crippen LogP contribution in [0.4, 0.5) is 0 Å². The topological polar surface area (TPSA) is 13.1 Å². The predicted molar refractivity (Wildman–Crippen MR) is 68.5 cm³/mol. The van der Waals surface area contributed by atoms with Gasteiger partial charge < -0.3 is 4.74 Å². The van der Waals surface area contributed by atoms with Gasteiger partial charge in [0.15, 0.2) is 12.4 Å². The summed E-state index contributed by atoms with van der Waals surface area (Å²) in [6.45, 7) is 6.16. The highest BCUT2D eigenvalue weighted by Crippen LogP contribution is 2.20. The van der Waals surface area contributed by atoms with E-state index in [0.717, 1.165) is 17.0 Å². The second-order valence-corrected chi connectivity index (χ2v) is 4.40. The Morgan fingerprint density at radius 2 is 1.76 bits per heavy atom. The van der Waals surface area contributed by atoms with Crippen molar-refractivity contribution in [3.63, 3.8) is 0 Å². The van der Waals surface area contributed by atoms with Crippen LogP contribution in [0, 0.1) is 6.92 Å². The number of nitrogens with zero attached hydrogens (tertiary/aromatic N) is 1. The molecule has 0 bridgehead atoms. The van der Waals surface area contributed by atoms with Crippen LogP contribution in [0.25, 0.3) is 5.69 Å². The Morgan fingerprint density at radius 1 is 1.06 bits per heavy atom. The lowest BCUT2D eigenvalue weighted by molar-refractivity contribution is -0.595. The summed E-state index contributed by atoms with van der Waals surface area (Å²) in [4.78, 5) is 0. The van der Waals surface area contributed by atoms with Crippen LogP contribution in [0.3, 0.4) is 0 Å². The van der Waals surface area contributed by atoms with Crippen LogP contribution in [0.2, 0.25) is 0 Å². The summed E-state index contributed by atoms with van der Waals surface area (Å²) in [5.74, 6) is 0.959. The van der Waals surface area contributed by atoms with Crippen molar-refractivity contribution in [2.24, 2.45) is 0 Å². The molecule has 0 aliphatic heterocycles. The van der Waals surface area contributed by atoms with Crippen LogP contribution in [-0.4, -0.2) is 6.10 Å². The van der Waals surface area contributed by atoms with Gasteiger partial charge in [-0.2, -0.15) is 4.57 Å². The fourth-order valence-electron chi connectivity index (χ4n) is 1.75. The Bertz CT molecular complexity index is 492. The summed E-state index contributed by atoms with van der Waals surface area (Å²) in [6, 6.07) is 12.3. The van der Waals surface area contributed by atoms with Gasteiger partial charge in [-0.05, 0) is 32.4 Å². The Hall–Kier alpha value is -1.83. The maximum atomic E-state index is 5.73. The molecule has 1 heterocycles. The van der Waals surface area contributed by atoms with Gasteiger partial charge in [-0.25, -0.2) is 0 Å². The molecule has 1 aromatic heterocycles. The van der Waals surface area contributed by atoms with Crippen LogP contribution in [0.5, 0.6) is 5.75 Å². The summed E-state index contributed by atoms with van der Waals surface area (Å²) >= 11 is 0. The molecule has 2 heteroatoms. The monoisotopic (exact) mass is 228 g/mol. The maximum absolute atomic E-state index is 5.73. The van der Waals surface area contributed by atoms with E-state index >= 15 is 0 Å². The smallest absolute Gasteiger partial charge is 0.211 e. The molecule has 2 rings (SSSR count). The number of hydrogen-bond acceptors (Lipinski definition) is 1. The zero-order chi connectivity index (χ0) is 12.3. The average molecular weight is 228 g/mol. The van der Waals surface area contributed by atoms with Crippen LogP contribution in [0.1, 0.15) is 19.4 Å². The van der Waals surface area contributed by atoms with Crippen molar-refractivity contribution in [2.75, 3.05) is 0 Å². The van der Waals surface area contributed by atoms with Crippen molar-refractivity contribution < 1.29 is 9.30 Å². The zero-order valence-corrected chi connectivity index (χ0v) is 10.6. The first-order valence-electron chi connectivity index (χ1n) is 5.91. The minimum absolute atomic E-state index is 0.212. The summed E-state index contributed by atoms with van der Waals surface area (Å²) in [5, 5.41) is 0. The van der Waals surface area contributed by atoms with E-state index in [9.17, 15) is 0 Å². The summed E-state index contributed by atoms with van der Waals surface area (Å²) in [6.07, 6.45) is 4.29. The fraction of sp³-hybridized carbons (Fsp3) is 0.267. The van der Waals surface area contributed by atoms with Crippen LogP contribution < -0.4 is 9.30 Å². The third-order valence-corrected chi connectivity index (χ3v) is 2.53. The number of aromatic nitrogens is 1. The van der Waals surface area contributed by atoms with Crippen LogP contribution in [-0.2, 0) is 0 Å². The van der Waals surface area contributed by atoms with Gasteiger partial charge in [0.2, 0.25) is 5.69 Å². The number of aryl methyl sites for hydroxylation is 1. The number of hydrogen-bond donors (Lipinski definition) is 0. The quantitative estimate of drug-likeness (QED) is 0.736. The first-order chi connectivity index (χ1) is 8.16. The highest BCUT2D eigenvalue weighted by Gasteiger charge is 2.08. The largest absolute Gasteiger partial charge is 0.491 e. The first-order valence-corrected chi connectivity index (χ1v) is 5.91. The lowest BCUT2D eigenvalue weighted by atomic mass is 10.2. The van der Waals surface area contributed by atoms with Crippen molar-refractivity contribution >= 4 is 0 Å². The van der Waals surface area contributed by atoms with E-state index in [-0.39, 0.29) is 6.10 Å². The van der Waals surface area contributed by atoms with Crippen molar-refractivity contribution in [1.29, 1.82) is 0 Å². The second kappa shape index (κ2) is 5.00. The lowest BCUT2D eigenvalue weighted by Gasteiger charge is -2.11. The zero-order valence-electron chi connectivity index (χ0n) is 10.6. The van der Waals surface area contributed by atoms with Crippen LogP contribution >= 0.6 is 0 Å². The van der Waals surface area contributed by atoms with Gasteiger partial charge in [0.25, 0.3) is 0 Å². The van der Waals surface area contributed by atoms with E-state index in [1.165, 1.54) is 0 Å². The van der Waals surface area contributed by atoms with E-state index in [1.54, 1.807) is 0 Å². The summed E-state index contributed by atoms with van der Waals surface area (Å²) in [5.41, 5.74) is 2.31. The van der Waals surface area contributed by atoms with Gasteiger partial charge in [0.05, 0.1) is 6.10 Å². The molecule has 17 heavy (non-hydrogen) atoms. The molecule has 0 atom stereocenters. The second-order valence-electron chi connectivity index (χ2n) is 4.40. The summed E-state index contributed by atoms with van der Waals surface area (Å²) < 4.78 is 7.82. The Labute approximate surface area is 102 Å². The van der Waals surface area contributed by atoms with E-state index < -0.39 is 0 Å². The molecule has 0 radical (unpaired) electrons. The van der Waals surface area contributed by atoms with Gasteiger partial charge in [0.1, 0.15) is 5.75 Å². The highest BCUT2D eigenvalue weighted by molar-refractivity contribution is 5.39. The molecule has 0 saturated carbocycles. The van der Waals surface area contributed by atoms with Gasteiger partial charge in [0, 0.05) is 24.3 Å². The van der Waals surface area contributed by atoms with E-state index in [0.29, 0.717) is 0 Å². The Kier molecular flexibility index (Phi) is 3.43. The normalized spacial score (nSPS) is 10.6. The predicted octanol–water partition coefficient (Wildman–Crippen LogP) is 3.06. The van der Waals surface area contributed by atoms with Gasteiger partial charge >= 0.3 is 0 Å². The molecule has 0 unspecified atom stereocenters. The van der Waals surface area contributed by atoms with Gasteiger partial charge in [-0.15, -0.1) is 0 Å². The third-order valence-electron chi connectivity index (χ3n) is 2.53. The molecule has 0 aliphatic carbocycles. The fourth-order valence-corrected chi connectivity index (χ4v) is 1.75. The highest BCUT2D eigenvalue weighted by atomic mass is 16.5. The third kappa shape index (κ3) is 2.84. The summed E-state index contributed by atoms with van der Waals surface area (Å²) in [7, 11) is 0. The Morgan fingerprint density at radius 3 is 2.35 bits per heavy atom. The van der Waals surface area contributed by atoms with Gasteiger partial charge in [-0.3, -0.25) is 0 Å². The minimum atomic E-state index is 0.212. The molecule has 0 fully saturated rings. The molecule has 0 saturated heterocycles. The molecular formula is C15H18NO+. The van der Waals surface area contributed by atoms with Gasteiger partial charge in [-0.1, -0.05) is 6.07 Å². The molecular weight excluding hydrogens is 210 g/mol. The minimum Gasteiger partial charge on any atom is -0.491 e. The maximum Gasteiger partial charge on any atom is 0.211 e.